The molecule has 30 heavy (non-hydrogen) atoms. The maximum Gasteiger partial charge on any atom is 0.410 e. The Labute approximate surface area is 183 Å². The van der Waals surface area contributed by atoms with Gasteiger partial charge in [0.15, 0.2) is 11.7 Å². The average molecular weight is 499 g/mol. The summed E-state index contributed by atoms with van der Waals surface area (Å²) in [5, 5.41) is 11.8. The van der Waals surface area contributed by atoms with Crippen LogP contribution in [0.2, 0.25) is 0 Å². The fourth-order valence-corrected chi connectivity index (χ4v) is 4.85. The van der Waals surface area contributed by atoms with Crippen molar-refractivity contribution in [2.45, 2.75) is 37.6 Å². The fraction of sp³-hybridized carbons (Fsp3) is 0.300. The van der Waals surface area contributed by atoms with Gasteiger partial charge < -0.3 is 10.6 Å². The highest BCUT2D eigenvalue weighted by atomic mass is 79.9. The Hall–Kier alpha value is -2.33. The highest BCUT2D eigenvalue weighted by Gasteiger charge is 2.48. The zero-order chi connectivity index (χ0) is 21.5. The van der Waals surface area contributed by atoms with E-state index < -0.39 is 24.2 Å². The van der Waals surface area contributed by atoms with Crippen LogP contribution in [0.3, 0.4) is 0 Å². The standard InChI is InChI=1S/C20H18BrF3N4OS/c1-11(12-6-3-2-4-7-12)25-19(29)17-16(21)18-26-13(14-8-5-9-30-14)10-15(20(22,23)24)28(18)27-17/h2-9,11,13,15,26H,10H2,1H3,(H,25,29)/t11-,13-,15-/m1/s1. The van der Waals surface area contributed by atoms with E-state index in [1.54, 1.807) is 19.1 Å². The van der Waals surface area contributed by atoms with Crippen LogP contribution < -0.4 is 10.6 Å². The quantitative estimate of drug-likeness (QED) is 0.473. The lowest BCUT2D eigenvalue weighted by atomic mass is 10.0. The summed E-state index contributed by atoms with van der Waals surface area (Å²) in [4.78, 5) is 13.6. The first kappa shape index (κ1) is 20.9. The molecule has 10 heteroatoms. The number of nitrogens with zero attached hydrogens (tertiary/aromatic N) is 2. The van der Waals surface area contributed by atoms with Crippen molar-refractivity contribution in [3.63, 3.8) is 0 Å². The molecule has 3 heterocycles. The van der Waals surface area contributed by atoms with Crippen molar-refractivity contribution in [2.24, 2.45) is 0 Å². The Morgan fingerprint density at radius 3 is 2.67 bits per heavy atom. The molecule has 4 rings (SSSR count). The van der Waals surface area contributed by atoms with Gasteiger partial charge in [-0.25, -0.2) is 4.68 Å². The largest absolute Gasteiger partial charge is 0.410 e. The van der Waals surface area contributed by atoms with Crippen LogP contribution >= 0.6 is 27.3 Å². The van der Waals surface area contributed by atoms with Gasteiger partial charge in [0.05, 0.1) is 16.6 Å². The SMILES string of the molecule is C[C@@H](NC(=O)c1nn2c(c1Br)N[C@@H](c1cccs1)C[C@@H]2C(F)(F)F)c1ccccc1. The number of amides is 1. The number of fused-ring (bicyclic) bond motifs is 1. The second kappa shape index (κ2) is 8.07. The zero-order valence-corrected chi connectivity index (χ0v) is 18.2. The molecule has 0 aliphatic carbocycles. The van der Waals surface area contributed by atoms with Crippen molar-refractivity contribution in [1.29, 1.82) is 0 Å². The van der Waals surface area contributed by atoms with Crippen molar-refractivity contribution in [2.75, 3.05) is 5.32 Å². The fourth-order valence-electron chi connectivity index (χ4n) is 3.50. The number of halogens is 4. The Morgan fingerprint density at radius 2 is 2.03 bits per heavy atom. The summed E-state index contributed by atoms with van der Waals surface area (Å²) in [5.74, 6) is -0.394. The molecule has 5 nitrogen and oxygen atoms in total. The number of thiophene rings is 1. The molecule has 0 radical (unpaired) electrons. The average Bonchev–Trinajstić information content (AvgIpc) is 3.36. The second-order valence-corrected chi connectivity index (χ2v) is 8.84. The van der Waals surface area contributed by atoms with E-state index in [2.05, 4.69) is 31.7 Å². The van der Waals surface area contributed by atoms with E-state index in [1.165, 1.54) is 11.3 Å². The van der Waals surface area contributed by atoms with Crippen LogP contribution in [0.15, 0.2) is 52.3 Å². The summed E-state index contributed by atoms with van der Waals surface area (Å²) in [7, 11) is 0. The minimum absolute atomic E-state index is 0.0821. The van der Waals surface area contributed by atoms with E-state index in [-0.39, 0.29) is 28.4 Å². The van der Waals surface area contributed by atoms with Crippen LogP contribution in [-0.2, 0) is 0 Å². The first-order valence-electron chi connectivity index (χ1n) is 9.26. The molecule has 1 aromatic carbocycles. The Morgan fingerprint density at radius 1 is 1.30 bits per heavy atom. The van der Waals surface area contributed by atoms with Crippen molar-refractivity contribution in [3.05, 3.63) is 68.5 Å². The minimum Gasteiger partial charge on any atom is -0.362 e. The predicted octanol–water partition coefficient (Wildman–Crippen LogP) is 5.86. The lowest BCUT2D eigenvalue weighted by Crippen LogP contribution is -2.35. The molecule has 0 saturated heterocycles. The van der Waals surface area contributed by atoms with Crippen molar-refractivity contribution >= 4 is 39.0 Å². The van der Waals surface area contributed by atoms with E-state index in [9.17, 15) is 18.0 Å². The van der Waals surface area contributed by atoms with E-state index in [1.807, 2.05) is 35.7 Å². The molecule has 0 unspecified atom stereocenters. The number of alkyl halides is 3. The Bertz CT molecular complexity index is 1040. The van der Waals surface area contributed by atoms with Gasteiger partial charge in [-0.3, -0.25) is 4.79 Å². The molecule has 0 spiro atoms. The Balaban J connectivity index is 1.65. The van der Waals surface area contributed by atoms with Gasteiger partial charge in [0.1, 0.15) is 5.82 Å². The molecular formula is C20H18BrF3N4OS. The number of anilines is 1. The summed E-state index contributed by atoms with van der Waals surface area (Å²) in [5.41, 5.74) is 0.802. The monoisotopic (exact) mass is 498 g/mol. The maximum absolute atomic E-state index is 13.8. The molecule has 0 saturated carbocycles. The minimum atomic E-state index is -4.50. The smallest absolute Gasteiger partial charge is 0.362 e. The van der Waals surface area contributed by atoms with Crippen LogP contribution in [0.25, 0.3) is 0 Å². The van der Waals surface area contributed by atoms with Crippen LogP contribution in [0.1, 0.15) is 52.4 Å². The van der Waals surface area contributed by atoms with Gasteiger partial charge in [-0.05, 0) is 39.9 Å². The van der Waals surface area contributed by atoms with Gasteiger partial charge in [0, 0.05) is 11.3 Å². The van der Waals surface area contributed by atoms with Crippen molar-refractivity contribution in [3.8, 4) is 0 Å². The third kappa shape index (κ3) is 3.98. The van der Waals surface area contributed by atoms with E-state index in [4.69, 9.17) is 0 Å². The molecule has 3 aromatic rings. The van der Waals surface area contributed by atoms with Gasteiger partial charge in [-0.2, -0.15) is 18.3 Å². The maximum atomic E-state index is 13.8. The van der Waals surface area contributed by atoms with Crippen LogP contribution in [-0.4, -0.2) is 21.9 Å². The lowest BCUT2D eigenvalue weighted by molar-refractivity contribution is -0.173. The summed E-state index contributed by atoms with van der Waals surface area (Å²) in [6.45, 7) is 1.81. The number of rotatable bonds is 4. The highest BCUT2D eigenvalue weighted by molar-refractivity contribution is 9.10. The number of nitrogens with one attached hydrogen (secondary N) is 2. The van der Waals surface area contributed by atoms with Crippen molar-refractivity contribution in [1.82, 2.24) is 15.1 Å². The first-order chi connectivity index (χ1) is 14.3. The zero-order valence-electron chi connectivity index (χ0n) is 15.8. The molecule has 1 amide bonds. The van der Waals surface area contributed by atoms with Crippen molar-refractivity contribution < 1.29 is 18.0 Å². The predicted molar refractivity (Wildman–Crippen MR) is 113 cm³/mol. The molecule has 3 atom stereocenters. The molecule has 1 aliphatic rings. The number of carbonyl (C=O) groups is 1. The topological polar surface area (TPSA) is 59.0 Å². The molecular weight excluding hydrogens is 481 g/mol. The van der Waals surface area contributed by atoms with E-state index in [0.717, 1.165) is 15.1 Å². The van der Waals surface area contributed by atoms with Crippen LogP contribution in [0.5, 0.6) is 0 Å². The number of aromatic nitrogens is 2. The highest BCUT2D eigenvalue weighted by Crippen LogP contribution is 2.46. The lowest BCUT2D eigenvalue weighted by Gasteiger charge is -2.33. The molecule has 0 fully saturated rings. The summed E-state index contributed by atoms with van der Waals surface area (Å²) < 4.78 is 42.5. The second-order valence-electron chi connectivity index (χ2n) is 7.07. The molecule has 1 aliphatic heterocycles. The summed E-state index contributed by atoms with van der Waals surface area (Å²) in [6.07, 6.45) is -4.70. The van der Waals surface area contributed by atoms with E-state index >= 15 is 0 Å². The summed E-state index contributed by atoms with van der Waals surface area (Å²) in [6, 6.07) is 10.2. The number of carbonyl (C=O) groups excluding carboxylic acids is 1. The first-order valence-corrected chi connectivity index (χ1v) is 10.9. The molecule has 158 valence electrons. The number of hydrogen-bond acceptors (Lipinski definition) is 4. The number of hydrogen-bond donors (Lipinski definition) is 2. The van der Waals surface area contributed by atoms with Crippen LogP contribution in [0.4, 0.5) is 19.0 Å². The normalized spacial score (nSPS) is 19.6. The Kier molecular flexibility index (Phi) is 5.63. The van der Waals surface area contributed by atoms with Gasteiger partial charge in [0.2, 0.25) is 0 Å². The van der Waals surface area contributed by atoms with Gasteiger partial charge >= 0.3 is 6.18 Å². The number of benzene rings is 1. The third-order valence-corrected chi connectivity index (χ3v) is 6.78. The van der Waals surface area contributed by atoms with Gasteiger partial charge in [-0.1, -0.05) is 36.4 Å². The molecule has 0 bridgehead atoms. The molecule has 2 N–H and O–H groups in total. The van der Waals surface area contributed by atoms with Gasteiger partial charge in [-0.15, -0.1) is 11.3 Å². The molecule has 2 aromatic heterocycles. The van der Waals surface area contributed by atoms with Crippen LogP contribution in [0, 0.1) is 0 Å². The van der Waals surface area contributed by atoms with E-state index in [0.29, 0.717) is 0 Å². The third-order valence-electron chi connectivity index (χ3n) is 5.04. The van der Waals surface area contributed by atoms with Gasteiger partial charge in [0.25, 0.3) is 5.91 Å². The summed E-state index contributed by atoms with van der Waals surface area (Å²) >= 11 is 4.69.